The van der Waals surface area contributed by atoms with Gasteiger partial charge in [-0.25, -0.2) is 0 Å². The van der Waals surface area contributed by atoms with Gasteiger partial charge in [-0.3, -0.25) is 0 Å². The van der Waals surface area contributed by atoms with Crippen molar-refractivity contribution in [3.8, 4) is 0 Å². The Morgan fingerprint density at radius 3 is 2.86 bits per heavy atom. The molecule has 118 valence electrons. The molecule has 1 aromatic carbocycles. The predicted octanol–water partition coefficient (Wildman–Crippen LogP) is 3.48. The lowest BCUT2D eigenvalue weighted by Gasteiger charge is -2.31. The number of hydrogen-bond donors (Lipinski definition) is 1. The van der Waals surface area contributed by atoms with Crippen LogP contribution >= 0.6 is 11.8 Å². The molecule has 1 heterocycles. The Balaban J connectivity index is 1.80. The van der Waals surface area contributed by atoms with Crippen molar-refractivity contribution in [1.82, 2.24) is 10.2 Å². The van der Waals surface area contributed by atoms with Crippen LogP contribution in [0.4, 0.5) is 13.2 Å². The van der Waals surface area contributed by atoms with Crippen LogP contribution in [0.1, 0.15) is 18.4 Å². The molecule has 0 bridgehead atoms. The van der Waals surface area contributed by atoms with Crippen LogP contribution in [0.25, 0.3) is 0 Å². The van der Waals surface area contributed by atoms with Crippen LogP contribution in [-0.2, 0) is 6.18 Å². The smallest absolute Gasteiger partial charge is 0.315 e. The summed E-state index contributed by atoms with van der Waals surface area (Å²) in [6, 6.07) is 6.10. The molecule has 1 aliphatic rings. The zero-order valence-corrected chi connectivity index (χ0v) is 12.9. The molecular weight excluding hydrogens is 297 g/mol. The summed E-state index contributed by atoms with van der Waals surface area (Å²) >= 11 is 1.48. The molecule has 0 amide bonds. The summed E-state index contributed by atoms with van der Waals surface area (Å²) < 4.78 is 37.9. The van der Waals surface area contributed by atoms with Crippen molar-refractivity contribution in [1.29, 1.82) is 0 Å². The first-order valence-electron chi connectivity index (χ1n) is 7.18. The Morgan fingerprint density at radius 1 is 1.38 bits per heavy atom. The summed E-state index contributed by atoms with van der Waals surface area (Å²) in [5.74, 6) is 0.800. The van der Waals surface area contributed by atoms with Gasteiger partial charge >= 0.3 is 6.18 Å². The van der Waals surface area contributed by atoms with Crippen molar-refractivity contribution in [3.63, 3.8) is 0 Å². The zero-order valence-electron chi connectivity index (χ0n) is 12.1. The van der Waals surface area contributed by atoms with Crippen molar-refractivity contribution in [2.45, 2.75) is 30.0 Å². The maximum atomic E-state index is 12.6. The second-order valence-electron chi connectivity index (χ2n) is 5.35. The normalized spacial score (nSPS) is 20.0. The molecule has 1 aromatic rings. The van der Waals surface area contributed by atoms with Crippen LogP contribution in [0.2, 0.25) is 0 Å². The highest BCUT2D eigenvalue weighted by molar-refractivity contribution is 7.99. The Morgan fingerprint density at radius 2 is 2.19 bits per heavy atom. The molecule has 2 nitrogen and oxygen atoms in total. The van der Waals surface area contributed by atoms with E-state index in [1.165, 1.54) is 36.7 Å². The lowest BCUT2D eigenvalue weighted by atomic mass is 10.1. The first-order valence-corrected chi connectivity index (χ1v) is 8.16. The van der Waals surface area contributed by atoms with Crippen LogP contribution in [0, 0.1) is 0 Å². The molecule has 1 N–H and O–H groups in total. The van der Waals surface area contributed by atoms with E-state index in [0.717, 1.165) is 31.5 Å². The predicted molar refractivity (Wildman–Crippen MR) is 80.7 cm³/mol. The first-order chi connectivity index (χ1) is 9.97. The topological polar surface area (TPSA) is 15.3 Å². The molecule has 0 radical (unpaired) electrons. The van der Waals surface area contributed by atoms with E-state index in [-0.39, 0.29) is 0 Å². The number of rotatable bonds is 5. The van der Waals surface area contributed by atoms with Gasteiger partial charge in [0.05, 0.1) is 5.56 Å². The van der Waals surface area contributed by atoms with Gasteiger partial charge < -0.3 is 10.2 Å². The second-order valence-corrected chi connectivity index (χ2v) is 6.52. The molecular formula is C15H21F3N2S. The minimum absolute atomic E-state index is 0.542. The molecule has 0 aliphatic carbocycles. The van der Waals surface area contributed by atoms with E-state index >= 15 is 0 Å². The number of thioether (sulfide) groups is 1. The van der Waals surface area contributed by atoms with Gasteiger partial charge in [-0.1, -0.05) is 6.07 Å². The van der Waals surface area contributed by atoms with Crippen molar-refractivity contribution >= 4 is 11.8 Å². The second kappa shape index (κ2) is 7.51. The molecule has 21 heavy (non-hydrogen) atoms. The lowest BCUT2D eigenvalue weighted by Crippen LogP contribution is -2.44. The third-order valence-corrected chi connectivity index (χ3v) is 4.74. The van der Waals surface area contributed by atoms with E-state index in [2.05, 4.69) is 17.3 Å². The van der Waals surface area contributed by atoms with Crippen molar-refractivity contribution in [3.05, 3.63) is 29.8 Å². The molecule has 1 fully saturated rings. The number of nitrogens with one attached hydrogen (secondary N) is 1. The fourth-order valence-corrected chi connectivity index (χ4v) is 3.46. The number of halogens is 3. The van der Waals surface area contributed by atoms with E-state index < -0.39 is 11.7 Å². The summed E-state index contributed by atoms with van der Waals surface area (Å²) in [4.78, 5) is 2.98. The highest BCUT2D eigenvalue weighted by Gasteiger charge is 2.30. The fraction of sp³-hybridized carbons (Fsp3) is 0.600. The van der Waals surface area contributed by atoms with Crippen LogP contribution in [0.15, 0.2) is 29.2 Å². The zero-order chi connectivity index (χ0) is 15.3. The fourth-order valence-electron chi connectivity index (χ4n) is 2.46. The molecule has 0 spiro atoms. The lowest BCUT2D eigenvalue weighted by molar-refractivity contribution is -0.137. The molecule has 0 aromatic heterocycles. The molecule has 1 aliphatic heterocycles. The van der Waals surface area contributed by atoms with Crippen molar-refractivity contribution in [2.75, 3.05) is 32.4 Å². The molecule has 1 saturated heterocycles. The van der Waals surface area contributed by atoms with E-state index in [1.807, 2.05) is 0 Å². The quantitative estimate of drug-likeness (QED) is 0.837. The number of alkyl halides is 3. The highest BCUT2D eigenvalue weighted by atomic mass is 32.2. The third-order valence-electron chi connectivity index (χ3n) is 3.77. The number of likely N-dealkylation sites (N-methyl/N-ethyl adjacent to an activating group) is 1. The van der Waals surface area contributed by atoms with E-state index in [9.17, 15) is 13.2 Å². The average Bonchev–Trinajstić information content (AvgIpc) is 2.47. The maximum absolute atomic E-state index is 12.6. The summed E-state index contributed by atoms with van der Waals surface area (Å²) in [5.41, 5.74) is -0.572. The number of benzene rings is 1. The van der Waals surface area contributed by atoms with Gasteiger partial charge in [-0.15, -0.1) is 11.8 Å². The largest absolute Gasteiger partial charge is 0.416 e. The van der Waals surface area contributed by atoms with Crippen LogP contribution in [0.5, 0.6) is 0 Å². The number of nitrogens with zero attached hydrogens (tertiary/aromatic N) is 1. The SMILES string of the molecule is CN(CCSc1cccc(C(F)(F)F)c1)C1CCCNC1. The van der Waals surface area contributed by atoms with Crippen LogP contribution in [0.3, 0.4) is 0 Å². The van der Waals surface area contributed by atoms with Gasteiger partial charge in [0.1, 0.15) is 0 Å². The number of piperidine rings is 1. The Labute approximate surface area is 128 Å². The van der Waals surface area contributed by atoms with Crippen LogP contribution < -0.4 is 5.32 Å². The van der Waals surface area contributed by atoms with Crippen molar-refractivity contribution < 1.29 is 13.2 Å². The van der Waals surface area contributed by atoms with Crippen molar-refractivity contribution in [2.24, 2.45) is 0 Å². The first kappa shape index (κ1) is 16.6. The molecule has 0 saturated carbocycles. The van der Waals surface area contributed by atoms with Crippen LogP contribution in [-0.4, -0.2) is 43.4 Å². The highest BCUT2D eigenvalue weighted by Crippen LogP contribution is 2.31. The maximum Gasteiger partial charge on any atom is 0.416 e. The monoisotopic (exact) mass is 318 g/mol. The Kier molecular flexibility index (Phi) is 5.96. The Bertz CT molecular complexity index is 445. The standard InChI is InChI=1S/C15H21F3N2S/c1-20(13-5-3-7-19-11-13)8-9-21-14-6-2-4-12(10-14)15(16,17)18/h2,4,6,10,13,19H,3,5,7-9,11H2,1H3. The minimum Gasteiger partial charge on any atom is -0.315 e. The van der Waals surface area contributed by atoms with E-state index in [4.69, 9.17) is 0 Å². The summed E-state index contributed by atoms with van der Waals surface area (Å²) in [6.07, 6.45) is -1.88. The number of hydrogen-bond acceptors (Lipinski definition) is 3. The summed E-state index contributed by atoms with van der Waals surface area (Å²) in [6.45, 7) is 2.97. The summed E-state index contributed by atoms with van der Waals surface area (Å²) in [5, 5.41) is 3.37. The van der Waals surface area contributed by atoms with E-state index in [1.54, 1.807) is 6.07 Å². The molecule has 2 rings (SSSR count). The van der Waals surface area contributed by atoms with Gasteiger partial charge in [0.15, 0.2) is 0 Å². The average molecular weight is 318 g/mol. The Hall–Kier alpha value is -0.720. The van der Waals surface area contributed by atoms with Gasteiger partial charge in [0.2, 0.25) is 0 Å². The van der Waals surface area contributed by atoms with Gasteiger partial charge in [0.25, 0.3) is 0 Å². The molecule has 1 unspecified atom stereocenters. The van der Waals surface area contributed by atoms with Gasteiger partial charge in [-0.05, 0) is 44.6 Å². The minimum atomic E-state index is -4.26. The van der Waals surface area contributed by atoms with E-state index in [0.29, 0.717) is 10.9 Å². The summed E-state index contributed by atoms with van der Waals surface area (Å²) in [7, 11) is 2.09. The van der Waals surface area contributed by atoms with Gasteiger partial charge in [0, 0.05) is 29.8 Å². The molecule has 1 atom stereocenters. The van der Waals surface area contributed by atoms with Gasteiger partial charge in [-0.2, -0.15) is 13.2 Å². The third kappa shape index (κ3) is 5.20. The molecule has 6 heteroatoms.